The number of nitriles is 1. The molecular formula is C12H13Cl2NS. The van der Waals surface area contributed by atoms with E-state index < -0.39 is 0 Å². The topological polar surface area (TPSA) is 23.8 Å². The van der Waals surface area contributed by atoms with Crippen molar-refractivity contribution >= 4 is 35.0 Å². The lowest BCUT2D eigenvalue weighted by Crippen LogP contribution is -2.00. The number of thioether (sulfide) groups is 1. The van der Waals surface area contributed by atoms with Gasteiger partial charge in [-0.1, -0.05) is 42.3 Å². The Morgan fingerprint density at radius 3 is 2.81 bits per heavy atom. The van der Waals surface area contributed by atoms with Crippen LogP contribution in [0, 0.1) is 10.7 Å². The fraction of sp³-hybridized carbons (Fsp3) is 0.417. The summed E-state index contributed by atoms with van der Waals surface area (Å²) >= 11 is 13.4. The summed E-state index contributed by atoms with van der Waals surface area (Å²) in [4.78, 5) is 0. The van der Waals surface area contributed by atoms with Crippen LogP contribution < -0.4 is 0 Å². The van der Waals surface area contributed by atoms with E-state index >= 15 is 0 Å². The number of halogens is 2. The first-order valence-electron chi connectivity index (χ1n) is 5.15. The monoisotopic (exact) mass is 273 g/mol. The molecule has 0 N–H and O–H groups in total. The lowest BCUT2D eigenvalue weighted by Gasteiger charge is -2.16. The smallest absolute Gasteiger partial charge is 0.133 e. The molecule has 0 aromatic heterocycles. The molecule has 0 spiro atoms. The SMILES string of the molecule is CCC(CCSC#N)c1cccc(Cl)c1Cl. The zero-order valence-electron chi connectivity index (χ0n) is 9.04. The Morgan fingerprint density at radius 2 is 2.19 bits per heavy atom. The second-order valence-corrected chi connectivity index (χ2v) is 5.14. The third kappa shape index (κ3) is 3.59. The van der Waals surface area contributed by atoms with Crippen LogP contribution in [0.25, 0.3) is 0 Å². The predicted molar refractivity (Wildman–Crippen MR) is 72.2 cm³/mol. The van der Waals surface area contributed by atoms with Gasteiger partial charge in [0.15, 0.2) is 0 Å². The highest BCUT2D eigenvalue weighted by molar-refractivity contribution is 8.03. The van der Waals surface area contributed by atoms with E-state index in [1.54, 1.807) is 6.07 Å². The van der Waals surface area contributed by atoms with Crippen LogP contribution >= 0.6 is 35.0 Å². The van der Waals surface area contributed by atoms with Crippen LogP contribution in [0.4, 0.5) is 0 Å². The summed E-state index contributed by atoms with van der Waals surface area (Å²) in [5.41, 5.74) is 1.09. The molecule has 0 heterocycles. The predicted octanol–water partition coefficient (Wildman–Crippen LogP) is 5.09. The van der Waals surface area contributed by atoms with Crippen LogP contribution in [-0.4, -0.2) is 5.75 Å². The average molecular weight is 274 g/mol. The minimum Gasteiger partial charge on any atom is -0.185 e. The molecule has 4 heteroatoms. The summed E-state index contributed by atoms with van der Waals surface area (Å²) in [5.74, 6) is 1.21. The number of nitrogens with zero attached hydrogens (tertiary/aromatic N) is 1. The van der Waals surface area contributed by atoms with E-state index in [4.69, 9.17) is 28.5 Å². The van der Waals surface area contributed by atoms with E-state index in [-0.39, 0.29) is 0 Å². The molecule has 1 nitrogen and oxygen atoms in total. The molecule has 1 unspecified atom stereocenters. The molecule has 0 radical (unpaired) electrons. The van der Waals surface area contributed by atoms with Crippen LogP contribution in [0.3, 0.4) is 0 Å². The molecule has 86 valence electrons. The minimum atomic E-state index is 0.382. The van der Waals surface area contributed by atoms with Gasteiger partial charge in [-0.3, -0.25) is 0 Å². The Labute approximate surface area is 111 Å². The third-order valence-electron chi connectivity index (χ3n) is 2.55. The normalized spacial score (nSPS) is 12.1. The lowest BCUT2D eigenvalue weighted by molar-refractivity contribution is 0.648. The van der Waals surface area contributed by atoms with Crippen molar-refractivity contribution in [3.8, 4) is 5.40 Å². The number of thiocyanates is 1. The maximum absolute atomic E-state index is 8.49. The summed E-state index contributed by atoms with van der Waals surface area (Å²) < 4.78 is 0. The van der Waals surface area contributed by atoms with Gasteiger partial charge in [-0.05, 0) is 42.2 Å². The standard InChI is InChI=1S/C12H13Cl2NS/c1-2-9(6-7-16-8-15)10-4-3-5-11(13)12(10)14/h3-5,9H,2,6-7H2,1H3. The Kier molecular flexibility index (Phi) is 6.05. The van der Waals surface area contributed by atoms with Crippen molar-refractivity contribution in [2.75, 3.05) is 5.75 Å². The summed E-state index contributed by atoms with van der Waals surface area (Å²) in [6.45, 7) is 2.12. The molecule has 0 amide bonds. The Balaban J connectivity index is 2.79. The van der Waals surface area contributed by atoms with Crippen molar-refractivity contribution in [1.29, 1.82) is 5.26 Å². The molecule has 0 saturated carbocycles. The third-order valence-corrected chi connectivity index (χ3v) is 3.95. The van der Waals surface area contributed by atoms with Crippen LogP contribution in [0.1, 0.15) is 31.2 Å². The van der Waals surface area contributed by atoms with Crippen molar-refractivity contribution < 1.29 is 0 Å². The first-order chi connectivity index (χ1) is 7.70. The molecule has 0 aliphatic carbocycles. The molecule has 1 aromatic rings. The number of rotatable bonds is 5. The fourth-order valence-electron chi connectivity index (χ4n) is 1.66. The Morgan fingerprint density at radius 1 is 1.44 bits per heavy atom. The summed E-state index contributed by atoms with van der Waals surface area (Å²) in [7, 11) is 0. The molecule has 1 aromatic carbocycles. The van der Waals surface area contributed by atoms with Gasteiger partial charge in [0.05, 0.1) is 10.0 Å². The Hall–Kier alpha value is -0.360. The van der Waals surface area contributed by atoms with Crippen LogP contribution in [0.15, 0.2) is 18.2 Å². The molecule has 0 saturated heterocycles. The average Bonchev–Trinajstić information content (AvgIpc) is 2.29. The van der Waals surface area contributed by atoms with E-state index in [0.717, 1.165) is 24.2 Å². The van der Waals surface area contributed by atoms with E-state index in [0.29, 0.717) is 16.0 Å². The van der Waals surface area contributed by atoms with Gasteiger partial charge in [0.1, 0.15) is 5.40 Å². The molecule has 0 bridgehead atoms. The second kappa shape index (κ2) is 7.06. The molecule has 16 heavy (non-hydrogen) atoms. The highest BCUT2D eigenvalue weighted by Gasteiger charge is 2.14. The molecule has 1 rings (SSSR count). The van der Waals surface area contributed by atoms with Gasteiger partial charge in [0.25, 0.3) is 0 Å². The van der Waals surface area contributed by atoms with Crippen molar-refractivity contribution in [2.45, 2.75) is 25.7 Å². The molecule has 0 aliphatic heterocycles. The maximum atomic E-state index is 8.49. The van der Waals surface area contributed by atoms with Gasteiger partial charge < -0.3 is 0 Å². The first-order valence-corrected chi connectivity index (χ1v) is 6.89. The van der Waals surface area contributed by atoms with E-state index in [9.17, 15) is 0 Å². The largest absolute Gasteiger partial charge is 0.185 e. The summed E-state index contributed by atoms with van der Waals surface area (Å²) in [6, 6.07) is 5.73. The van der Waals surface area contributed by atoms with Crippen molar-refractivity contribution in [1.82, 2.24) is 0 Å². The summed E-state index contributed by atoms with van der Waals surface area (Å²) in [5, 5.41) is 11.8. The van der Waals surface area contributed by atoms with Crippen molar-refractivity contribution in [2.24, 2.45) is 0 Å². The Bertz CT molecular complexity index is 387. The van der Waals surface area contributed by atoms with Gasteiger partial charge in [0, 0.05) is 5.75 Å². The number of hydrogen-bond acceptors (Lipinski definition) is 2. The van der Waals surface area contributed by atoms with E-state index in [2.05, 4.69) is 12.3 Å². The second-order valence-electron chi connectivity index (χ2n) is 3.48. The van der Waals surface area contributed by atoms with E-state index in [1.807, 2.05) is 12.1 Å². The highest BCUT2D eigenvalue weighted by Crippen LogP contribution is 2.34. The molecule has 1 atom stereocenters. The first kappa shape index (κ1) is 13.7. The fourth-order valence-corrected chi connectivity index (χ4v) is 2.62. The maximum Gasteiger partial charge on any atom is 0.133 e. The van der Waals surface area contributed by atoms with E-state index in [1.165, 1.54) is 11.8 Å². The number of benzene rings is 1. The van der Waals surface area contributed by atoms with Crippen LogP contribution in [-0.2, 0) is 0 Å². The van der Waals surface area contributed by atoms with Crippen LogP contribution in [0.5, 0.6) is 0 Å². The van der Waals surface area contributed by atoms with Gasteiger partial charge in [-0.25, -0.2) is 0 Å². The van der Waals surface area contributed by atoms with Crippen LogP contribution in [0.2, 0.25) is 10.0 Å². The molecule has 0 aliphatic rings. The lowest BCUT2D eigenvalue weighted by atomic mass is 9.94. The number of hydrogen-bond donors (Lipinski definition) is 0. The van der Waals surface area contributed by atoms with Gasteiger partial charge in [-0.15, -0.1) is 0 Å². The zero-order valence-corrected chi connectivity index (χ0v) is 11.4. The molecular weight excluding hydrogens is 261 g/mol. The summed E-state index contributed by atoms with van der Waals surface area (Å²) in [6.07, 6.45) is 1.96. The van der Waals surface area contributed by atoms with Crippen molar-refractivity contribution in [3.63, 3.8) is 0 Å². The highest BCUT2D eigenvalue weighted by atomic mass is 35.5. The quantitative estimate of drug-likeness (QED) is 0.551. The van der Waals surface area contributed by atoms with Gasteiger partial charge in [-0.2, -0.15) is 5.26 Å². The molecule has 0 fully saturated rings. The van der Waals surface area contributed by atoms with Crippen molar-refractivity contribution in [3.05, 3.63) is 33.8 Å². The minimum absolute atomic E-state index is 0.382. The van der Waals surface area contributed by atoms with Gasteiger partial charge in [0.2, 0.25) is 0 Å². The zero-order chi connectivity index (χ0) is 12.0. The van der Waals surface area contributed by atoms with Gasteiger partial charge >= 0.3 is 0 Å².